The molecule has 0 radical (unpaired) electrons. The van der Waals surface area contributed by atoms with Crippen LogP contribution in [0.3, 0.4) is 0 Å². The van der Waals surface area contributed by atoms with Crippen LogP contribution in [0.2, 0.25) is 0 Å². The first-order valence-electron chi connectivity index (χ1n) is 10.8. The molecule has 0 spiro atoms. The molecule has 178 valence electrons. The van der Waals surface area contributed by atoms with Crippen LogP contribution in [0.25, 0.3) is 0 Å². The number of fused-ring (bicyclic) bond motifs is 2. The first-order chi connectivity index (χ1) is 16.6. The predicted octanol–water partition coefficient (Wildman–Crippen LogP) is 4.79. The zero-order valence-electron chi connectivity index (χ0n) is 20.1. The van der Waals surface area contributed by atoms with Crippen LogP contribution >= 0.6 is 0 Å². The van der Waals surface area contributed by atoms with Gasteiger partial charge in [-0.3, -0.25) is 4.79 Å². The van der Waals surface area contributed by atoms with E-state index in [0.717, 1.165) is 11.1 Å². The number of hydrogen-bond donors (Lipinski definition) is 0. The molecule has 0 heterocycles. The standard InChI is InChI=1S/C27H28O7/c1-29-22(20-23(30-2)25(32-4)27(34-6)26(33-5)24(20)31-3)19-15-11-7-9-13-17(15)21(28)18-14-10-8-12-16(18)19/h7-14,19,22H,1-6H3. The van der Waals surface area contributed by atoms with Crippen molar-refractivity contribution in [2.75, 3.05) is 42.7 Å². The van der Waals surface area contributed by atoms with Gasteiger partial charge in [0.2, 0.25) is 17.2 Å². The van der Waals surface area contributed by atoms with Gasteiger partial charge >= 0.3 is 0 Å². The van der Waals surface area contributed by atoms with Gasteiger partial charge in [-0.25, -0.2) is 0 Å². The Balaban J connectivity index is 2.08. The molecule has 0 saturated carbocycles. The lowest BCUT2D eigenvalue weighted by molar-refractivity contribution is 0.0808. The lowest BCUT2D eigenvalue weighted by atomic mass is 9.73. The van der Waals surface area contributed by atoms with E-state index >= 15 is 0 Å². The molecular weight excluding hydrogens is 436 g/mol. The number of carbonyl (C=O) groups is 1. The highest BCUT2D eigenvalue weighted by Crippen LogP contribution is 2.58. The summed E-state index contributed by atoms with van der Waals surface area (Å²) in [5.41, 5.74) is 3.58. The maximum atomic E-state index is 13.3. The lowest BCUT2D eigenvalue weighted by Crippen LogP contribution is -2.25. The number of benzene rings is 3. The van der Waals surface area contributed by atoms with Crippen molar-refractivity contribution in [3.8, 4) is 28.7 Å². The lowest BCUT2D eigenvalue weighted by Gasteiger charge is -2.35. The van der Waals surface area contributed by atoms with Gasteiger partial charge in [-0.15, -0.1) is 0 Å². The summed E-state index contributed by atoms with van der Waals surface area (Å²) < 4.78 is 34.8. The van der Waals surface area contributed by atoms with Gasteiger partial charge in [0.05, 0.1) is 41.1 Å². The van der Waals surface area contributed by atoms with Gasteiger partial charge in [-0.05, 0) is 11.1 Å². The van der Waals surface area contributed by atoms with Crippen LogP contribution in [0.15, 0.2) is 48.5 Å². The molecule has 7 nitrogen and oxygen atoms in total. The summed E-state index contributed by atoms with van der Waals surface area (Å²) in [7, 11) is 9.29. The molecule has 4 rings (SSSR count). The Morgan fingerprint density at radius 3 is 1.35 bits per heavy atom. The average Bonchev–Trinajstić information content (AvgIpc) is 2.89. The van der Waals surface area contributed by atoms with E-state index in [0.29, 0.717) is 45.4 Å². The largest absolute Gasteiger partial charge is 0.492 e. The molecule has 0 N–H and O–H groups in total. The van der Waals surface area contributed by atoms with Crippen LogP contribution in [-0.2, 0) is 4.74 Å². The molecule has 0 aliphatic heterocycles. The van der Waals surface area contributed by atoms with Crippen LogP contribution in [0, 0.1) is 0 Å². The van der Waals surface area contributed by atoms with Gasteiger partial charge in [0, 0.05) is 24.2 Å². The van der Waals surface area contributed by atoms with Crippen molar-refractivity contribution in [3.63, 3.8) is 0 Å². The number of hydrogen-bond acceptors (Lipinski definition) is 7. The quantitative estimate of drug-likeness (QED) is 0.474. The third kappa shape index (κ3) is 3.44. The van der Waals surface area contributed by atoms with E-state index in [2.05, 4.69) is 0 Å². The van der Waals surface area contributed by atoms with Gasteiger partial charge < -0.3 is 28.4 Å². The van der Waals surface area contributed by atoms with Crippen molar-refractivity contribution in [1.82, 2.24) is 0 Å². The Morgan fingerprint density at radius 2 is 0.971 bits per heavy atom. The van der Waals surface area contributed by atoms with Crippen LogP contribution in [0.5, 0.6) is 28.7 Å². The van der Waals surface area contributed by atoms with Crippen molar-refractivity contribution >= 4 is 5.78 Å². The van der Waals surface area contributed by atoms with Gasteiger partial charge in [0.25, 0.3) is 0 Å². The van der Waals surface area contributed by atoms with Crippen molar-refractivity contribution in [1.29, 1.82) is 0 Å². The van der Waals surface area contributed by atoms with Crippen LogP contribution in [0.1, 0.15) is 44.6 Å². The summed E-state index contributed by atoms with van der Waals surface area (Å²) in [5.74, 6) is 1.51. The average molecular weight is 465 g/mol. The van der Waals surface area contributed by atoms with Gasteiger partial charge in [0.15, 0.2) is 17.3 Å². The van der Waals surface area contributed by atoms with E-state index in [1.165, 1.54) is 21.3 Å². The smallest absolute Gasteiger partial charge is 0.211 e. The second kappa shape index (κ2) is 9.65. The normalized spacial score (nSPS) is 13.5. The van der Waals surface area contributed by atoms with Gasteiger partial charge in [-0.2, -0.15) is 0 Å². The third-order valence-electron chi connectivity index (χ3n) is 6.26. The van der Waals surface area contributed by atoms with E-state index in [4.69, 9.17) is 28.4 Å². The molecule has 3 aromatic rings. The molecule has 0 saturated heterocycles. The zero-order chi connectivity index (χ0) is 24.4. The Bertz CT molecular complexity index is 1140. The molecule has 3 aromatic carbocycles. The van der Waals surface area contributed by atoms with E-state index < -0.39 is 6.10 Å². The molecule has 1 aliphatic rings. The SMILES string of the molecule is COc1c(OC)c(OC)c(C(OC)C2c3ccccc3C(=O)c3ccccc32)c(OC)c1OC. The van der Waals surface area contributed by atoms with Crippen molar-refractivity contribution in [2.24, 2.45) is 0 Å². The summed E-state index contributed by atoms with van der Waals surface area (Å²) in [6.45, 7) is 0. The first-order valence-corrected chi connectivity index (χ1v) is 10.8. The molecule has 7 heteroatoms. The minimum absolute atomic E-state index is 0.0128. The molecule has 0 bridgehead atoms. The number of methoxy groups -OCH3 is 6. The first kappa shape index (κ1) is 23.4. The maximum Gasteiger partial charge on any atom is 0.211 e. The molecule has 0 fully saturated rings. The van der Waals surface area contributed by atoms with Gasteiger partial charge in [-0.1, -0.05) is 48.5 Å². The fourth-order valence-electron chi connectivity index (χ4n) is 4.89. The molecule has 34 heavy (non-hydrogen) atoms. The highest BCUT2D eigenvalue weighted by molar-refractivity contribution is 6.12. The second-order valence-electron chi connectivity index (χ2n) is 7.72. The molecule has 1 aliphatic carbocycles. The monoisotopic (exact) mass is 464 g/mol. The molecule has 1 atom stereocenters. The van der Waals surface area contributed by atoms with Crippen molar-refractivity contribution in [3.05, 3.63) is 76.3 Å². The fraction of sp³-hybridized carbons (Fsp3) is 0.296. The number of ether oxygens (including phenoxy) is 6. The molecule has 1 unspecified atom stereocenters. The summed E-state index contributed by atoms with van der Waals surface area (Å²) in [5, 5.41) is 0. The van der Waals surface area contributed by atoms with Crippen LogP contribution in [0.4, 0.5) is 0 Å². The van der Waals surface area contributed by atoms with Crippen LogP contribution in [-0.4, -0.2) is 48.4 Å². The Hall–Kier alpha value is -3.71. The summed E-state index contributed by atoms with van der Waals surface area (Å²) in [4.78, 5) is 13.3. The Morgan fingerprint density at radius 1 is 0.588 bits per heavy atom. The highest BCUT2D eigenvalue weighted by Gasteiger charge is 2.41. The van der Waals surface area contributed by atoms with Crippen LogP contribution < -0.4 is 23.7 Å². The third-order valence-corrected chi connectivity index (χ3v) is 6.26. The van der Waals surface area contributed by atoms with Crippen molar-refractivity contribution in [2.45, 2.75) is 12.0 Å². The number of ketones is 1. The zero-order valence-corrected chi connectivity index (χ0v) is 20.1. The molecule has 0 aromatic heterocycles. The molecule has 0 amide bonds. The minimum Gasteiger partial charge on any atom is -0.492 e. The highest BCUT2D eigenvalue weighted by atomic mass is 16.6. The summed E-state index contributed by atoms with van der Waals surface area (Å²) in [6, 6.07) is 15.2. The van der Waals surface area contributed by atoms with E-state index in [1.807, 2.05) is 48.5 Å². The number of carbonyl (C=O) groups excluding carboxylic acids is 1. The minimum atomic E-state index is -0.617. The van der Waals surface area contributed by atoms with E-state index in [1.54, 1.807) is 21.3 Å². The Kier molecular flexibility index (Phi) is 6.65. The van der Waals surface area contributed by atoms with Crippen molar-refractivity contribution < 1.29 is 33.2 Å². The number of rotatable bonds is 8. The molecular formula is C27H28O7. The van der Waals surface area contributed by atoms with E-state index in [9.17, 15) is 4.79 Å². The summed E-state index contributed by atoms with van der Waals surface area (Å²) >= 11 is 0. The fourth-order valence-corrected chi connectivity index (χ4v) is 4.89. The summed E-state index contributed by atoms with van der Waals surface area (Å²) in [6.07, 6.45) is -0.617. The Labute approximate surface area is 199 Å². The maximum absolute atomic E-state index is 13.3. The van der Waals surface area contributed by atoms with E-state index in [-0.39, 0.29) is 11.7 Å². The topological polar surface area (TPSA) is 72.5 Å². The predicted molar refractivity (Wildman–Crippen MR) is 127 cm³/mol. The van der Waals surface area contributed by atoms with Gasteiger partial charge in [0.1, 0.15) is 6.10 Å². The second-order valence-corrected chi connectivity index (χ2v) is 7.72.